The molecular formula is C25H16F6N2O4. The van der Waals surface area contributed by atoms with Crippen molar-refractivity contribution in [1.29, 1.82) is 0 Å². The average molecular weight is 522 g/mol. The van der Waals surface area contributed by atoms with Crippen LogP contribution in [0.15, 0.2) is 71.5 Å². The second kappa shape index (κ2) is 8.51. The Morgan fingerprint density at radius 2 is 1.51 bits per heavy atom. The molecule has 4 aromatic rings. The summed E-state index contributed by atoms with van der Waals surface area (Å²) in [7, 11) is 0. The summed E-state index contributed by atoms with van der Waals surface area (Å²) in [4.78, 5) is 18.2. The van der Waals surface area contributed by atoms with Crippen molar-refractivity contribution >= 4 is 10.9 Å². The molecule has 0 spiro atoms. The maximum Gasteiger partial charge on any atom is 0.430 e. The molecular weight excluding hydrogens is 506 g/mol. The smallest absolute Gasteiger partial charge is 0.430 e. The number of alkyl halides is 6. The normalized spacial score (nSPS) is 13.8. The van der Waals surface area contributed by atoms with Crippen LogP contribution in [0.2, 0.25) is 0 Å². The molecule has 1 N–H and O–H groups in total. The summed E-state index contributed by atoms with van der Waals surface area (Å²) in [5.74, 6) is 0.608. The molecule has 0 bridgehead atoms. The number of hydrogen-bond donors (Lipinski definition) is 1. The molecule has 1 aromatic heterocycles. The molecule has 3 aromatic carbocycles. The number of aliphatic hydroxyl groups is 1. The third-order valence-corrected chi connectivity index (χ3v) is 6.01. The van der Waals surface area contributed by atoms with Crippen molar-refractivity contribution < 1.29 is 40.9 Å². The van der Waals surface area contributed by atoms with Gasteiger partial charge in [0.25, 0.3) is 11.2 Å². The van der Waals surface area contributed by atoms with E-state index in [1.807, 2.05) is 0 Å². The van der Waals surface area contributed by atoms with Gasteiger partial charge in [-0.15, -0.1) is 0 Å². The Labute approximate surface area is 204 Å². The van der Waals surface area contributed by atoms with Gasteiger partial charge in [-0.25, -0.2) is 4.98 Å². The summed E-state index contributed by atoms with van der Waals surface area (Å²) in [6.07, 6.45) is -12.0. The zero-order valence-corrected chi connectivity index (χ0v) is 18.6. The molecule has 1 aliphatic heterocycles. The van der Waals surface area contributed by atoms with Gasteiger partial charge in [0.05, 0.1) is 11.2 Å². The van der Waals surface area contributed by atoms with Gasteiger partial charge < -0.3 is 14.6 Å². The number of ether oxygens (including phenoxy) is 2. The van der Waals surface area contributed by atoms with Crippen molar-refractivity contribution in [2.75, 3.05) is 6.79 Å². The topological polar surface area (TPSA) is 73.6 Å². The van der Waals surface area contributed by atoms with E-state index in [4.69, 9.17) is 9.47 Å². The highest BCUT2D eigenvalue weighted by molar-refractivity contribution is 5.88. The fourth-order valence-electron chi connectivity index (χ4n) is 4.18. The van der Waals surface area contributed by atoms with Crippen molar-refractivity contribution in [2.24, 2.45) is 0 Å². The van der Waals surface area contributed by atoms with Crippen molar-refractivity contribution in [3.8, 4) is 17.2 Å². The van der Waals surface area contributed by atoms with Gasteiger partial charge in [0.2, 0.25) is 6.79 Å². The minimum absolute atomic E-state index is 0.0398. The highest BCUT2D eigenvalue weighted by atomic mass is 19.4. The highest BCUT2D eigenvalue weighted by Crippen LogP contribution is 2.50. The van der Waals surface area contributed by atoms with Crippen LogP contribution in [-0.4, -0.2) is 33.8 Å². The predicted molar refractivity (Wildman–Crippen MR) is 119 cm³/mol. The first-order chi connectivity index (χ1) is 17.4. The third kappa shape index (κ3) is 3.97. The van der Waals surface area contributed by atoms with E-state index in [-0.39, 0.29) is 41.4 Å². The molecule has 0 amide bonds. The fourth-order valence-corrected chi connectivity index (χ4v) is 4.18. The summed E-state index contributed by atoms with van der Waals surface area (Å²) in [6, 6.07) is 14.7. The van der Waals surface area contributed by atoms with Crippen LogP contribution in [-0.2, 0) is 12.0 Å². The third-order valence-electron chi connectivity index (χ3n) is 6.01. The number of aromatic nitrogens is 2. The van der Waals surface area contributed by atoms with Gasteiger partial charge in [-0.3, -0.25) is 9.36 Å². The van der Waals surface area contributed by atoms with E-state index in [1.165, 1.54) is 0 Å². The molecule has 0 radical (unpaired) electrons. The second-order valence-corrected chi connectivity index (χ2v) is 8.28. The van der Waals surface area contributed by atoms with E-state index in [0.29, 0.717) is 17.9 Å². The molecule has 0 saturated heterocycles. The molecule has 0 aliphatic carbocycles. The first-order valence-corrected chi connectivity index (χ1v) is 10.8. The van der Waals surface area contributed by atoms with Crippen molar-refractivity contribution in [1.82, 2.24) is 9.55 Å². The number of rotatable bonds is 4. The lowest BCUT2D eigenvalue weighted by molar-refractivity contribution is -0.376. The van der Waals surface area contributed by atoms with Crippen molar-refractivity contribution in [3.05, 3.63) is 94.0 Å². The summed E-state index contributed by atoms with van der Waals surface area (Å²) >= 11 is 0. The van der Waals surface area contributed by atoms with Crippen LogP contribution >= 0.6 is 0 Å². The zero-order chi connectivity index (χ0) is 26.6. The Morgan fingerprint density at radius 1 is 0.865 bits per heavy atom. The minimum atomic E-state index is -6.04. The van der Waals surface area contributed by atoms with E-state index >= 15 is 0 Å². The Hall–Kier alpha value is -4.06. The first-order valence-electron chi connectivity index (χ1n) is 10.8. The maximum atomic E-state index is 13.7. The number of benzene rings is 3. The Kier molecular flexibility index (Phi) is 5.66. The van der Waals surface area contributed by atoms with E-state index in [9.17, 15) is 36.2 Å². The Balaban J connectivity index is 1.71. The van der Waals surface area contributed by atoms with Gasteiger partial charge in [0.1, 0.15) is 11.2 Å². The summed E-state index contributed by atoms with van der Waals surface area (Å²) in [6.45, 7) is -0.137. The van der Waals surface area contributed by atoms with Crippen LogP contribution < -0.4 is 15.0 Å². The van der Waals surface area contributed by atoms with Crippen LogP contribution in [0.5, 0.6) is 11.5 Å². The van der Waals surface area contributed by atoms with Gasteiger partial charge in [-0.1, -0.05) is 42.5 Å². The van der Waals surface area contributed by atoms with E-state index in [0.717, 1.165) is 22.3 Å². The molecule has 6 nitrogen and oxygen atoms in total. The van der Waals surface area contributed by atoms with Crippen molar-refractivity contribution in [3.63, 3.8) is 0 Å². The number of hydrogen-bond acceptors (Lipinski definition) is 5. The van der Waals surface area contributed by atoms with E-state index in [2.05, 4.69) is 4.98 Å². The lowest BCUT2D eigenvalue weighted by Crippen LogP contribution is -2.53. The minimum Gasteiger partial charge on any atom is -0.454 e. The van der Waals surface area contributed by atoms with Crippen LogP contribution in [0.1, 0.15) is 17.0 Å². The Morgan fingerprint density at radius 3 is 2.14 bits per heavy atom. The number of fused-ring (bicyclic) bond motifs is 3. The molecule has 5 rings (SSSR count). The first kappa shape index (κ1) is 24.6. The number of nitrogens with zero attached hydrogens (tertiary/aromatic N) is 2. The van der Waals surface area contributed by atoms with Gasteiger partial charge in [0, 0.05) is 12.0 Å². The standard InChI is InChI=1S/C25H16F6N2O4/c26-24(27,28)23(35,25(29,30)31)15-6-8-16(9-7-15)33-19(12-14-4-2-1-3-5-14)32-17-10-11-18-21(37-13-36-18)20(17)22(33)34/h1-11,35H,12-13H2. The van der Waals surface area contributed by atoms with Gasteiger partial charge >= 0.3 is 12.4 Å². The summed E-state index contributed by atoms with van der Waals surface area (Å²) in [5.41, 5.74) is -6.23. The lowest BCUT2D eigenvalue weighted by Gasteiger charge is -2.32. The van der Waals surface area contributed by atoms with E-state index < -0.39 is 29.1 Å². The molecule has 12 heteroatoms. The maximum absolute atomic E-state index is 13.7. The number of halogens is 6. The van der Waals surface area contributed by atoms with Gasteiger partial charge in [-0.2, -0.15) is 26.3 Å². The molecule has 0 saturated carbocycles. The molecule has 0 atom stereocenters. The summed E-state index contributed by atoms with van der Waals surface area (Å²) < 4.78 is 91.7. The molecule has 1 aliphatic rings. The van der Waals surface area contributed by atoms with E-state index in [1.54, 1.807) is 42.5 Å². The van der Waals surface area contributed by atoms with Crippen LogP contribution in [0, 0.1) is 0 Å². The fraction of sp³-hybridized carbons (Fsp3) is 0.200. The molecule has 37 heavy (non-hydrogen) atoms. The molecule has 2 heterocycles. The average Bonchev–Trinajstić information content (AvgIpc) is 3.32. The molecule has 192 valence electrons. The second-order valence-electron chi connectivity index (χ2n) is 8.28. The largest absolute Gasteiger partial charge is 0.454 e. The SMILES string of the molecule is O=c1c2c3c(ccc2nc(Cc2ccccc2)n1-c1ccc(C(O)(C(F)(F)F)C(F)(F)F)cc1)OCO3. The van der Waals surface area contributed by atoms with Crippen molar-refractivity contribution in [2.45, 2.75) is 24.4 Å². The molecule has 0 fully saturated rings. The van der Waals surface area contributed by atoms with Crippen LogP contribution in [0.3, 0.4) is 0 Å². The summed E-state index contributed by atoms with van der Waals surface area (Å²) in [5, 5.41) is 9.75. The zero-order valence-electron chi connectivity index (χ0n) is 18.6. The van der Waals surface area contributed by atoms with Crippen LogP contribution in [0.25, 0.3) is 16.6 Å². The van der Waals surface area contributed by atoms with Gasteiger partial charge in [-0.05, 0) is 29.8 Å². The monoisotopic (exact) mass is 522 g/mol. The van der Waals surface area contributed by atoms with Crippen LogP contribution in [0.4, 0.5) is 26.3 Å². The highest BCUT2D eigenvalue weighted by Gasteiger charge is 2.71. The molecule has 0 unspecified atom stereocenters. The predicted octanol–water partition coefficient (Wildman–Crippen LogP) is 5.02. The Bertz CT molecular complexity index is 1520. The van der Waals surface area contributed by atoms with Gasteiger partial charge in [0.15, 0.2) is 11.5 Å². The quantitative estimate of drug-likeness (QED) is 0.382. The lowest BCUT2D eigenvalue weighted by atomic mass is 9.92.